The van der Waals surface area contributed by atoms with Crippen LogP contribution in [0.5, 0.6) is 0 Å². The predicted molar refractivity (Wildman–Crippen MR) is 35.8 cm³/mol. The molecule has 0 saturated carbocycles. The monoisotopic (exact) mass is 136 g/mol. The molecule has 4 nitrogen and oxygen atoms in total. The summed E-state index contributed by atoms with van der Waals surface area (Å²) >= 11 is 0. The minimum Gasteiger partial charge on any atom is -0.325 e. The van der Waals surface area contributed by atoms with E-state index in [9.17, 15) is 0 Å². The van der Waals surface area contributed by atoms with Crippen LogP contribution in [0.3, 0.4) is 0 Å². The maximum Gasteiger partial charge on any atom is 0.212 e. The Hall–Kier alpha value is -1.34. The quantitative estimate of drug-likeness (QED) is 0.578. The van der Waals surface area contributed by atoms with Crippen molar-refractivity contribution in [2.75, 3.05) is 0 Å². The summed E-state index contributed by atoms with van der Waals surface area (Å²) in [7, 11) is 1.77. The molecule has 0 saturated heterocycles. The molecule has 4 heteroatoms. The van der Waals surface area contributed by atoms with E-state index in [-0.39, 0.29) is 0 Å². The molecule has 0 radical (unpaired) electrons. The van der Waals surface area contributed by atoms with Crippen LogP contribution in [-0.2, 0) is 13.6 Å². The van der Waals surface area contributed by atoms with E-state index in [1.807, 2.05) is 6.07 Å². The highest BCUT2D eigenvalue weighted by Crippen LogP contribution is 1.99. The number of aromatic nitrogens is 2. The molecule has 0 unspecified atom stereocenters. The van der Waals surface area contributed by atoms with Crippen molar-refractivity contribution in [3.8, 4) is 6.07 Å². The van der Waals surface area contributed by atoms with Gasteiger partial charge in [0.25, 0.3) is 0 Å². The van der Waals surface area contributed by atoms with Crippen molar-refractivity contribution < 1.29 is 0 Å². The second-order valence-corrected chi connectivity index (χ2v) is 1.95. The first kappa shape index (κ1) is 6.78. The molecule has 2 N–H and O–H groups in total. The van der Waals surface area contributed by atoms with Crippen molar-refractivity contribution >= 4 is 0 Å². The van der Waals surface area contributed by atoms with Gasteiger partial charge in [-0.15, -0.1) is 0 Å². The molecular formula is C6H8N4. The fourth-order valence-electron chi connectivity index (χ4n) is 0.738. The fourth-order valence-corrected chi connectivity index (χ4v) is 0.738. The van der Waals surface area contributed by atoms with Gasteiger partial charge in [0.2, 0.25) is 5.82 Å². The highest BCUT2D eigenvalue weighted by molar-refractivity contribution is 5.15. The zero-order valence-electron chi connectivity index (χ0n) is 5.70. The lowest BCUT2D eigenvalue weighted by molar-refractivity contribution is 0.807. The molecule has 1 aromatic rings. The van der Waals surface area contributed by atoms with E-state index >= 15 is 0 Å². The Balaban J connectivity index is 3.12. The molecule has 0 aromatic carbocycles. The van der Waals surface area contributed by atoms with Gasteiger partial charge in [-0.2, -0.15) is 5.26 Å². The second-order valence-electron chi connectivity index (χ2n) is 1.95. The first-order valence-corrected chi connectivity index (χ1v) is 2.90. The first-order valence-electron chi connectivity index (χ1n) is 2.90. The van der Waals surface area contributed by atoms with Crippen LogP contribution in [0.2, 0.25) is 0 Å². The summed E-state index contributed by atoms with van der Waals surface area (Å²) in [5.41, 5.74) is 6.22. The van der Waals surface area contributed by atoms with E-state index in [0.717, 1.165) is 5.69 Å². The maximum atomic E-state index is 8.45. The standard InChI is InChI=1S/C6H8N4/c1-10-5(2-7)4-9-6(10)3-8/h4H,2,7H2,1H3. The predicted octanol–water partition coefficient (Wildman–Crippen LogP) is -0.250. The van der Waals surface area contributed by atoms with Gasteiger partial charge in [0.05, 0.1) is 11.9 Å². The Kier molecular flexibility index (Phi) is 1.69. The summed E-state index contributed by atoms with van der Waals surface area (Å²) in [4.78, 5) is 3.83. The average molecular weight is 136 g/mol. The topological polar surface area (TPSA) is 67.6 Å². The highest BCUT2D eigenvalue weighted by atomic mass is 15.1. The van der Waals surface area contributed by atoms with Crippen LogP contribution >= 0.6 is 0 Å². The number of rotatable bonds is 1. The van der Waals surface area contributed by atoms with Gasteiger partial charge in [-0.25, -0.2) is 4.98 Å². The summed E-state index contributed by atoms with van der Waals surface area (Å²) < 4.78 is 1.68. The van der Waals surface area contributed by atoms with E-state index in [4.69, 9.17) is 11.0 Å². The van der Waals surface area contributed by atoms with Crippen LogP contribution in [0.1, 0.15) is 11.5 Å². The number of nitriles is 1. The van der Waals surface area contributed by atoms with E-state index in [0.29, 0.717) is 12.4 Å². The Labute approximate surface area is 58.9 Å². The minimum absolute atomic E-state index is 0.403. The van der Waals surface area contributed by atoms with Crippen molar-refractivity contribution in [2.45, 2.75) is 6.54 Å². The second kappa shape index (κ2) is 2.50. The fraction of sp³-hybridized carbons (Fsp3) is 0.333. The zero-order valence-corrected chi connectivity index (χ0v) is 5.70. The first-order chi connectivity index (χ1) is 4.79. The summed E-state index contributed by atoms with van der Waals surface area (Å²) in [5.74, 6) is 0.403. The van der Waals surface area contributed by atoms with E-state index in [2.05, 4.69) is 4.98 Å². The van der Waals surface area contributed by atoms with Crippen LogP contribution < -0.4 is 5.73 Å². The van der Waals surface area contributed by atoms with Gasteiger partial charge >= 0.3 is 0 Å². The van der Waals surface area contributed by atoms with Crippen molar-refractivity contribution in [3.63, 3.8) is 0 Å². The Bertz CT molecular complexity index is 268. The van der Waals surface area contributed by atoms with Gasteiger partial charge in [0.15, 0.2) is 0 Å². The highest BCUT2D eigenvalue weighted by Gasteiger charge is 2.01. The molecule has 0 bridgehead atoms. The summed E-state index contributed by atoms with van der Waals surface area (Å²) in [6.45, 7) is 0.422. The Morgan fingerprint density at radius 1 is 1.90 bits per heavy atom. The van der Waals surface area contributed by atoms with Crippen molar-refractivity contribution in [3.05, 3.63) is 17.7 Å². The molecule has 0 aliphatic heterocycles. The van der Waals surface area contributed by atoms with Crippen molar-refractivity contribution in [2.24, 2.45) is 12.8 Å². The molecular weight excluding hydrogens is 128 g/mol. The van der Waals surface area contributed by atoms with Crippen LogP contribution in [0.25, 0.3) is 0 Å². The maximum absolute atomic E-state index is 8.45. The molecule has 0 aliphatic rings. The zero-order chi connectivity index (χ0) is 7.56. The molecule has 1 aromatic heterocycles. The molecule has 0 fully saturated rings. The normalized spacial score (nSPS) is 9.30. The minimum atomic E-state index is 0.403. The molecule has 0 atom stereocenters. The lowest BCUT2D eigenvalue weighted by atomic mass is 10.5. The van der Waals surface area contributed by atoms with Gasteiger partial charge in [-0.1, -0.05) is 0 Å². The van der Waals surface area contributed by atoms with Gasteiger partial charge in [-0.3, -0.25) is 0 Å². The molecule has 0 aliphatic carbocycles. The Morgan fingerprint density at radius 2 is 2.60 bits per heavy atom. The lowest BCUT2D eigenvalue weighted by Crippen LogP contribution is -2.04. The number of hydrogen-bond acceptors (Lipinski definition) is 3. The van der Waals surface area contributed by atoms with Crippen LogP contribution in [0, 0.1) is 11.3 Å². The summed E-state index contributed by atoms with van der Waals surface area (Å²) in [5, 5.41) is 8.45. The molecule has 0 amide bonds. The third-order valence-electron chi connectivity index (χ3n) is 1.39. The number of hydrogen-bond donors (Lipinski definition) is 1. The third kappa shape index (κ3) is 0.870. The molecule has 1 heterocycles. The molecule has 1 rings (SSSR count). The largest absolute Gasteiger partial charge is 0.325 e. The van der Waals surface area contributed by atoms with Crippen molar-refractivity contribution in [1.29, 1.82) is 5.26 Å². The molecule has 0 spiro atoms. The molecule has 10 heavy (non-hydrogen) atoms. The van der Waals surface area contributed by atoms with Gasteiger partial charge in [-0.05, 0) is 0 Å². The third-order valence-corrected chi connectivity index (χ3v) is 1.39. The smallest absolute Gasteiger partial charge is 0.212 e. The number of nitrogens with zero attached hydrogens (tertiary/aromatic N) is 3. The summed E-state index contributed by atoms with van der Waals surface area (Å²) in [6.07, 6.45) is 1.61. The number of nitrogens with two attached hydrogens (primary N) is 1. The van der Waals surface area contributed by atoms with E-state index < -0.39 is 0 Å². The SMILES string of the molecule is Cn1c(CN)cnc1C#N. The lowest BCUT2D eigenvalue weighted by Gasteiger charge is -1.95. The van der Waals surface area contributed by atoms with Gasteiger partial charge < -0.3 is 10.3 Å². The van der Waals surface area contributed by atoms with Gasteiger partial charge in [0.1, 0.15) is 6.07 Å². The average Bonchev–Trinajstić information content (AvgIpc) is 2.30. The number of imidazole rings is 1. The van der Waals surface area contributed by atoms with E-state index in [1.165, 1.54) is 0 Å². The van der Waals surface area contributed by atoms with Crippen LogP contribution in [0.15, 0.2) is 6.20 Å². The van der Waals surface area contributed by atoms with Crippen molar-refractivity contribution in [1.82, 2.24) is 9.55 Å². The van der Waals surface area contributed by atoms with Crippen LogP contribution in [0.4, 0.5) is 0 Å². The summed E-state index contributed by atoms with van der Waals surface area (Å²) in [6, 6.07) is 1.95. The Morgan fingerprint density at radius 3 is 2.90 bits per heavy atom. The van der Waals surface area contributed by atoms with E-state index in [1.54, 1.807) is 17.8 Å². The van der Waals surface area contributed by atoms with Crippen LogP contribution in [-0.4, -0.2) is 9.55 Å². The van der Waals surface area contributed by atoms with Gasteiger partial charge in [0, 0.05) is 13.6 Å². The molecule has 52 valence electrons.